The first kappa shape index (κ1) is 13.1. The summed E-state index contributed by atoms with van der Waals surface area (Å²) in [5, 5.41) is 4.82. The van der Waals surface area contributed by atoms with Crippen LogP contribution in [0.4, 0.5) is 5.69 Å². The van der Waals surface area contributed by atoms with Crippen LogP contribution in [0.2, 0.25) is 0 Å². The lowest BCUT2D eigenvalue weighted by molar-refractivity contribution is 0.0943. The quantitative estimate of drug-likeness (QED) is 0.848. The summed E-state index contributed by atoms with van der Waals surface area (Å²) in [6.45, 7) is 1.92. The molecule has 0 fully saturated rings. The van der Waals surface area contributed by atoms with E-state index in [9.17, 15) is 4.79 Å². The minimum absolute atomic E-state index is 0.0902. The maximum absolute atomic E-state index is 12.1. The lowest BCUT2D eigenvalue weighted by atomic mass is 10.1. The molecule has 2 rings (SSSR count). The zero-order valence-electron chi connectivity index (χ0n) is 9.81. The van der Waals surface area contributed by atoms with E-state index in [2.05, 4.69) is 21.2 Å². The molecule has 0 aliphatic rings. The Kier molecular flexibility index (Phi) is 4.04. The van der Waals surface area contributed by atoms with Crippen LogP contribution in [-0.2, 0) is 0 Å². The number of amides is 1. The van der Waals surface area contributed by atoms with E-state index in [-0.39, 0.29) is 11.9 Å². The summed E-state index contributed by atoms with van der Waals surface area (Å²) in [7, 11) is 0. The Labute approximate surface area is 118 Å². The highest BCUT2D eigenvalue weighted by Gasteiger charge is 2.16. The highest BCUT2D eigenvalue weighted by molar-refractivity contribution is 9.10. The van der Waals surface area contributed by atoms with Gasteiger partial charge in [-0.15, -0.1) is 11.3 Å². The largest absolute Gasteiger partial charge is 0.398 e. The molecule has 1 aromatic carbocycles. The Hall–Kier alpha value is -1.33. The molecule has 1 aromatic heterocycles. The van der Waals surface area contributed by atoms with Gasteiger partial charge in [-0.2, -0.15) is 0 Å². The lowest BCUT2D eigenvalue weighted by Crippen LogP contribution is -2.26. The van der Waals surface area contributed by atoms with Crippen molar-refractivity contribution >= 4 is 38.9 Å². The van der Waals surface area contributed by atoms with E-state index in [1.165, 1.54) is 11.3 Å². The number of benzene rings is 1. The summed E-state index contributed by atoms with van der Waals surface area (Å²) in [5.74, 6) is -0.0902. The first-order valence-corrected chi connectivity index (χ1v) is 7.15. The van der Waals surface area contributed by atoms with Gasteiger partial charge in [0.2, 0.25) is 0 Å². The summed E-state index contributed by atoms with van der Waals surface area (Å²) in [6, 6.07) is 9.29. The molecule has 1 amide bonds. The third-order valence-corrected chi connectivity index (χ3v) is 4.47. The summed E-state index contributed by atoms with van der Waals surface area (Å²) in [6.07, 6.45) is 0. The highest BCUT2D eigenvalue weighted by Crippen LogP contribution is 2.24. The summed E-state index contributed by atoms with van der Waals surface area (Å²) >= 11 is 4.76. The SMILES string of the molecule is CC(NC(=O)c1sccc1Br)c1ccccc1N. The Morgan fingerprint density at radius 1 is 1.39 bits per heavy atom. The molecule has 18 heavy (non-hydrogen) atoms. The molecule has 0 saturated carbocycles. The first-order chi connectivity index (χ1) is 8.59. The van der Waals surface area contributed by atoms with Gasteiger partial charge in [-0.25, -0.2) is 0 Å². The third-order valence-electron chi connectivity index (χ3n) is 2.63. The first-order valence-electron chi connectivity index (χ1n) is 5.48. The number of nitrogens with two attached hydrogens (primary N) is 1. The molecule has 94 valence electrons. The van der Waals surface area contributed by atoms with Gasteiger partial charge in [0.15, 0.2) is 0 Å². The van der Waals surface area contributed by atoms with Crippen molar-refractivity contribution in [1.82, 2.24) is 5.32 Å². The Morgan fingerprint density at radius 2 is 2.11 bits per heavy atom. The zero-order valence-corrected chi connectivity index (χ0v) is 12.2. The van der Waals surface area contributed by atoms with E-state index >= 15 is 0 Å². The maximum atomic E-state index is 12.1. The van der Waals surface area contributed by atoms with Crippen LogP contribution in [0.1, 0.15) is 28.2 Å². The third kappa shape index (κ3) is 2.73. The predicted octanol–water partition coefficient (Wildman–Crippen LogP) is 3.58. The van der Waals surface area contributed by atoms with Crippen LogP contribution in [0.5, 0.6) is 0 Å². The molecular weight excluding hydrogens is 312 g/mol. The fourth-order valence-corrected chi connectivity index (χ4v) is 3.16. The highest BCUT2D eigenvalue weighted by atomic mass is 79.9. The van der Waals surface area contributed by atoms with Crippen LogP contribution in [0.15, 0.2) is 40.2 Å². The number of hydrogen-bond acceptors (Lipinski definition) is 3. The minimum Gasteiger partial charge on any atom is -0.398 e. The topological polar surface area (TPSA) is 55.1 Å². The van der Waals surface area contributed by atoms with E-state index < -0.39 is 0 Å². The molecule has 3 nitrogen and oxygen atoms in total. The average molecular weight is 325 g/mol. The van der Waals surface area contributed by atoms with Crippen LogP contribution in [-0.4, -0.2) is 5.91 Å². The molecule has 3 N–H and O–H groups in total. The van der Waals surface area contributed by atoms with Crippen molar-refractivity contribution in [3.63, 3.8) is 0 Å². The smallest absolute Gasteiger partial charge is 0.262 e. The summed E-state index contributed by atoms with van der Waals surface area (Å²) in [5.41, 5.74) is 7.51. The van der Waals surface area contributed by atoms with Gasteiger partial charge in [0.25, 0.3) is 5.91 Å². The Balaban J connectivity index is 2.13. The normalized spacial score (nSPS) is 12.1. The number of nitrogen functional groups attached to an aromatic ring is 1. The summed E-state index contributed by atoms with van der Waals surface area (Å²) < 4.78 is 0.818. The van der Waals surface area contributed by atoms with Crippen molar-refractivity contribution in [2.45, 2.75) is 13.0 Å². The standard InChI is InChI=1S/C13H13BrN2OS/c1-8(9-4-2-3-5-11(9)15)16-13(17)12-10(14)6-7-18-12/h2-8H,15H2,1H3,(H,16,17). The van der Waals surface area contributed by atoms with Crippen LogP contribution in [0.25, 0.3) is 0 Å². The van der Waals surface area contributed by atoms with Crippen molar-refractivity contribution in [3.8, 4) is 0 Å². The molecule has 0 radical (unpaired) electrons. The predicted molar refractivity (Wildman–Crippen MR) is 78.8 cm³/mol. The fourth-order valence-electron chi connectivity index (χ4n) is 1.70. The number of carbonyl (C=O) groups is 1. The monoisotopic (exact) mass is 324 g/mol. The maximum Gasteiger partial charge on any atom is 0.262 e. The van der Waals surface area contributed by atoms with Crippen LogP contribution < -0.4 is 11.1 Å². The molecule has 0 aliphatic heterocycles. The molecule has 5 heteroatoms. The number of rotatable bonds is 3. The van der Waals surface area contributed by atoms with E-state index in [4.69, 9.17) is 5.73 Å². The average Bonchev–Trinajstić information content (AvgIpc) is 2.76. The summed E-state index contributed by atoms with van der Waals surface area (Å²) in [4.78, 5) is 12.7. The van der Waals surface area contributed by atoms with Gasteiger partial charge >= 0.3 is 0 Å². The minimum atomic E-state index is -0.118. The lowest BCUT2D eigenvalue weighted by Gasteiger charge is -2.15. The number of thiophene rings is 1. The molecule has 1 unspecified atom stereocenters. The van der Waals surface area contributed by atoms with Gasteiger partial charge in [0.05, 0.1) is 6.04 Å². The van der Waals surface area contributed by atoms with E-state index in [0.29, 0.717) is 10.6 Å². The second-order valence-corrected chi connectivity index (χ2v) is 5.69. The molecule has 0 saturated heterocycles. The van der Waals surface area contributed by atoms with E-state index in [0.717, 1.165) is 10.0 Å². The van der Waals surface area contributed by atoms with Crippen LogP contribution in [0, 0.1) is 0 Å². The van der Waals surface area contributed by atoms with Gasteiger partial charge in [0, 0.05) is 10.2 Å². The second kappa shape index (κ2) is 5.54. The molecular formula is C13H13BrN2OS. The Bertz CT molecular complexity index is 568. The van der Waals surface area contributed by atoms with Crippen molar-refractivity contribution in [1.29, 1.82) is 0 Å². The number of hydrogen-bond donors (Lipinski definition) is 2. The van der Waals surface area contributed by atoms with Gasteiger partial charge in [-0.3, -0.25) is 4.79 Å². The fraction of sp³-hybridized carbons (Fsp3) is 0.154. The zero-order chi connectivity index (χ0) is 13.1. The number of para-hydroxylation sites is 1. The van der Waals surface area contributed by atoms with Gasteiger partial charge < -0.3 is 11.1 Å². The number of carbonyl (C=O) groups excluding carboxylic acids is 1. The molecule has 0 bridgehead atoms. The van der Waals surface area contributed by atoms with Crippen molar-refractivity contribution in [2.24, 2.45) is 0 Å². The molecule has 1 heterocycles. The van der Waals surface area contributed by atoms with Crippen LogP contribution >= 0.6 is 27.3 Å². The van der Waals surface area contributed by atoms with Gasteiger partial charge in [0.1, 0.15) is 4.88 Å². The van der Waals surface area contributed by atoms with E-state index in [1.54, 1.807) is 0 Å². The van der Waals surface area contributed by atoms with Gasteiger partial charge in [-0.05, 0) is 45.9 Å². The molecule has 0 aliphatic carbocycles. The van der Waals surface area contributed by atoms with E-state index in [1.807, 2.05) is 42.6 Å². The number of nitrogens with one attached hydrogen (secondary N) is 1. The second-order valence-electron chi connectivity index (χ2n) is 3.92. The Morgan fingerprint density at radius 3 is 2.72 bits per heavy atom. The molecule has 2 aromatic rings. The molecule has 1 atom stereocenters. The van der Waals surface area contributed by atoms with Crippen LogP contribution in [0.3, 0.4) is 0 Å². The number of anilines is 1. The van der Waals surface area contributed by atoms with Crippen molar-refractivity contribution < 1.29 is 4.79 Å². The molecule has 0 spiro atoms. The van der Waals surface area contributed by atoms with Crippen molar-refractivity contribution in [3.05, 3.63) is 50.6 Å². The van der Waals surface area contributed by atoms with Gasteiger partial charge in [-0.1, -0.05) is 18.2 Å². The number of halogens is 1. The van der Waals surface area contributed by atoms with Crippen molar-refractivity contribution in [2.75, 3.05) is 5.73 Å².